The molecule has 0 amide bonds. The van der Waals surface area contributed by atoms with E-state index in [4.69, 9.17) is 13.3 Å². The van der Waals surface area contributed by atoms with Crippen molar-refractivity contribution in [1.29, 1.82) is 0 Å². The summed E-state index contributed by atoms with van der Waals surface area (Å²) in [7, 11) is -2.93. The van der Waals surface area contributed by atoms with Crippen LogP contribution in [-0.4, -0.2) is 33.7 Å². The molecule has 1 aliphatic rings. The highest BCUT2D eigenvalue weighted by atomic mass is 32.1. The van der Waals surface area contributed by atoms with Crippen molar-refractivity contribution in [3.05, 3.63) is 23.4 Å². The maximum Gasteiger partial charge on any atom is 0.533 e. The standard InChI is InChI=1S/C16H28O4SSi/c1-5-11-16(15(17)21)12-9-10-14(13-16)22(18-6-2,19-7-3)20-8-4/h9-10,12H,5-8,11,13H2,1-4H3,(H,17,21). The predicted molar refractivity (Wildman–Crippen MR) is 93.8 cm³/mol. The first-order valence-electron chi connectivity index (χ1n) is 8.04. The molecule has 6 heteroatoms. The predicted octanol–water partition coefficient (Wildman–Crippen LogP) is 3.70. The van der Waals surface area contributed by atoms with E-state index in [2.05, 4.69) is 19.6 Å². The molecule has 0 heterocycles. The molecular formula is C16H28O4SSi. The van der Waals surface area contributed by atoms with Crippen LogP contribution in [0.15, 0.2) is 23.4 Å². The molecule has 0 N–H and O–H groups in total. The minimum atomic E-state index is -2.93. The molecule has 1 unspecified atom stereocenters. The number of carbonyl (C=O) groups is 1. The lowest BCUT2D eigenvalue weighted by molar-refractivity contribution is -0.117. The monoisotopic (exact) mass is 344 g/mol. The van der Waals surface area contributed by atoms with E-state index in [0.29, 0.717) is 26.2 Å². The molecule has 4 nitrogen and oxygen atoms in total. The van der Waals surface area contributed by atoms with Crippen molar-refractivity contribution >= 4 is 26.5 Å². The molecule has 0 bridgehead atoms. The Hall–Kier alpha value is -0.403. The SMILES string of the molecule is CCCC1(C(=O)S)C=CC=C([Si](OCC)(OCC)OCC)C1. The van der Waals surface area contributed by atoms with E-state index in [1.165, 1.54) is 0 Å². The molecule has 0 aromatic rings. The lowest BCUT2D eigenvalue weighted by Crippen LogP contribution is -2.50. The number of hydrogen-bond acceptors (Lipinski definition) is 4. The van der Waals surface area contributed by atoms with Gasteiger partial charge in [0, 0.05) is 25.0 Å². The zero-order valence-corrected chi connectivity index (χ0v) is 15.9. The van der Waals surface area contributed by atoms with Gasteiger partial charge >= 0.3 is 8.80 Å². The van der Waals surface area contributed by atoms with Crippen molar-refractivity contribution in [2.75, 3.05) is 19.8 Å². The van der Waals surface area contributed by atoms with Crippen LogP contribution in [0.3, 0.4) is 0 Å². The molecule has 0 saturated heterocycles. The van der Waals surface area contributed by atoms with Gasteiger partial charge in [-0.1, -0.05) is 31.6 Å². The fraction of sp³-hybridized carbons (Fsp3) is 0.688. The van der Waals surface area contributed by atoms with Crippen molar-refractivity contribution in [1.82, 2.24) is 0 Å². The number of hydrogen-bond donors (Lipinski definition) is 1. The Morgan fingerprint density at radius 1 is 1.18 bits per heavy atom. The Bertz CT molecular complexity index is 419. The highest BCUT2D eigenvalue weighted by molar-refractivity contribution is 7.96. The molecule has 0 spiro atoms. The Kier molecular flexibility index (Phi) is 8.06. The van der Waals surface area contributed by atoms with Crippen LogP contribution in [0.2, 0.25) is 0 Å². The normalized spacial score (nSPS) is 21.8. The minimum absolute atomic E-state index is 0.108. The quantitative estimate of drug-likeness (QED) is 0.485. The van der Waals surface area contributed by atoms with Crippen molar-refractivity contribution in [3.8, 4) is 0 Å². The van der Waals surface area contributed by atoms with Gasteiger partial charge in [0.05, 0.1) is 5.41 Å². The van der Waals surface area contributed by atoms with Crippen LogP contribution < -0.4 is 0 Å². The highest BCUT2D eigenvalue weighted by Gasteiger charge is 2.49. The highest BCUT2D eigenvalue weighted by Crippen LogP contribution is 2.41. The molecule has 0 saturated carbocycles. The summed E-state index contributed by atoms with van der Waals surface area (Å²) < 4.78 is 17.9. The topological polar surface area (TPSA) is 44.8 Å². The molecule has 126 valence electrons. The summed E-state index contributed by atoms with van der Waals surface area (Å²) in [6.45, 7) is 9.42. The van der Waals surface area contributed by atoms with Gasteiger partial charge in [0.25, 0.3) is 0 Å². The lowest BCUT2D eigenvalue weighted by Gasteiger charge is -2.37. The molecule has 0 aliphatic heterocycles. The van der Waals surface area contributed by atoms with Crippen molar-refractivity contribution in [3.63, 3.8) is 0 Å². The van der Waals surface area contributed by atoms with Gasteiger partial charge < -0.3 is 13.3 Å². The summed E-state index contributed by atoms with van der Waals surface area (Å²) in [6.07, 6.45) is 8.10. The van der Waals surface area contributed by atoms with Crippen molar-refractivity contribution in [2.24, 2.45) is 5.41 Å². The van der Waals surface area contributed by atoms with Crippen LogP contribution >= 0.6 is 12.6 Å². The molecule has 0 aromatic carbocycles. The van der Waals surface area contributed by atoms with Gasteiger partial charge in [-0.05, 0) is 33.6 Å². The molecule has 0 fully saturated rings. The lowest BCUT2D eigenvalue weighted by atomic mass is 9.79. The maximum atomic E-state index is 12.1. The van der Waals surface area contributed by atoms with E-state index in [-0.39, 0.29) is 5.12 Å². The maximum absolute atomic E-state index is 12.1. The summed E-state index contributed by atoms with van der Waals surface area (Å²) >= 11 is 4.13. The molecule has 0 radical (unpaired) electrons. The molecule has 1 atom stereocenters. The van der Waals surface area contributed by atoms with E-state index in [0.717, 1.165) is 18.0 Å². The molecule has 22 heavy (non-hydrogen) atoms. The van der Waals surface area contributed by atoms with E-state index >= 15 is 0 Å². The largest absolute Gasteiger partial charge is 0.533 e. The number of thiol groups is 1. The van der Waals surface area contributed by atoms with Gasteiger partial charge in [-0.15, -0.1) is 12.6 Å². The van der Waals surface area contributed by atoms with Crippen LogP contribution in [0.1, 0.15) is 47.0 Å². The van der Waals surface area contributed by atoms with Crippen LogP contribution in [0.5, 0.6) is 0 Å². The van der Waals surface area contributed by atoms with Gasteiger partial charge in [-0.2, -0.15) is 0 Å². The Morgan fingerprint density at radius 2 is 1.73 bits per heavy atom. The van der Waals surface area contributed by atoms with E-state index in [1.807, 2.05) is 39.0 Å². The summed E-state index contributed by atoms with van der Waals surface area (Å²) in [6, 6.07) is 0. The summed E-state index contributed by atoms with van der Waals surface area (Å²) in [4.78, 5) is 12.1. The van der Waals surface area contributed by atoms with Crippen molar-refractivity contribution < 1.29 is 18.1 Å². The Morgan fingerprint density at radius 3 is 2.14 bits per heavy atom. The molecule has 1 aliphatic carbocycles. The Balaban J connectivity index is 3.17. The summed E-state index contributed by atoms with van der Waals surface area (Å²) in [5.41, 5.74) is -0.578. The minimum Gasteiger partial charge on any atom is -0.370 e. The zero-order valence-electron chi connectivity index (χ0n) is 14.1. The van der Waals surface area contributed by atoms with E-state index in [1.54, 1.807) is 0 Å². The first-order chi connectivity index (χ1) is 10.5. The zero-order chi connectivity index (χ0) is 16.6. The third-order valence-electron chi connectivity index (χ3n) is 3.74. The average molecular weight is 345 g/mol. The van der Waals surface area contributed by atoms with Gasteiger partial charge in [0.2, 0.25) is 0 Å². The second-order valence-corrected chi connectivity index (χ2v) is 8.32. The van der Waals surface area contributed by atoms with E-state index < -0.39 is 14.2 Å². The third kappa shape index (κ3) is 4.32. The smallest absolute Gasteiger partial charge is 0.370 e. The third-order valence-corrected chi connectivity index (χ3v) is 7.32. The van der Waals surface area contributed by atoms with E-state index in [9.17, 15) is 4.79 Å². The summed E-state index contributed by atoms with van der Waals surface area (Å²) in [5, 5.41) is 0.861. The van der Waals surface area contributed by atoms with Crippen LogP contribution in [0.4, 0.5) is 0 Å². The Labute approximate surface area is 140 Å². The van der Waals surface area contributed by atoms with Crippen LogP contribution in [-0.2, 0) is 18.1 Å². The number of rotatable bonds is 10. The first kappa shape index (κ1) is 19.6. The second-order valence-electron chi connectivity index (χ2n) is 5.29. The summed E-state index contributed by atoms with van der Waals surface area (Å²) in [5.74, 6) is 0. The van der Waals surface area contributed by atoms with Gasteiger partial charge in [-0.25, -0.2) is 0 Å². The van der Waals surface area contributed by atoms with Gasteiger partial charge in [0.15, 0.2) is 5.12 Å². The van der Waals surface area contributed by atoms with Crippen LogP contribution in [0, 0.1) is 5.41 Å². The fourth-order valence-corrected chi connectivity index (χ4v) is 5.91. The molecule has 0 aromatic heterocycles. The fourth-order valence-electron chi connectivity index (χ4n) is 2.86. The molecule has 1 rings (SSSR count). The molecular weight excluding hydrogens is 316 g/mol. The van der Waals surface area contributed by atoms with Gasteiger partial charge in [0.1, 0.15) is 0 Å². The van der Waals surface area contributed by atoms with Gasteiger partial charge in [-0.3, -0.25) is 4.79 Å². The first-order valence-corrected chi connectivity index (χ1v) is 10.2. The average Bonchev–Trinajstić information content (AvgIpc) is 2.48. The number of carbonyl (C=O) groups excluding carboxylic acids is 1. The second kappa shape index (κ2) is 9.03. The van der Waals surface area contributed by atoms with Crippen molar-refractivity contribution in [2.45, 2.75) is 47.0 Å². The number of allylic oxidation sites excluding steroid dienone is 4. The van der Waals surface area contributed by atoms with Crippen LogP contribution in [0.25, 0.3) is 0 Å².